The molecule has 6 heteroatoms. The summed E-state index contributed by atoms with van der Waals surface area (Å²) in [5, 5.41) is 2.72. The van der Waals surface area contributed by atoms with Crippen LogP contribution in [0.4, 0.5) is 5.69 Å². The Morgan fingerprint density at radius 2 is 1.82 bits per heavy atom. The van der Waals surface area contributed by atoms with E-state index in [2.05, 4.69) is 15.3 Å². The first-order valence-electron chi connectivity index (χ1n) is 6.72. The second-order valence-corrected chi connectivity index (χ2v) is 4.89. The second kappa shape index (κ2) is 5.33. The Labute approximate surface area is 126 Å². The monoisotopic (exact) mass is 294 g/mol. The van der Waals surface area contributed by atoms with Crippen molar-refractivity contribution in [3.8, 4) is 0 Å². The van der Waals surface area contributed by atoms with Crippen LogP contribution < -0.4 is 11.1 Å². The third kappa shape index (κ3) is 2.42. The molecule has 0 spiro atoms. The Balaban J connectivity index is 1.99. The summed E-state index contributed by atoms with van der Waals surface area (Å²) in [6, 6.07) is 11.9. The minimum Gasteiger partial charge on any atom is -0.366 e. The smallest absolute Gasteiger partial charge is 0.257 e. The maximum absolute atomic E-state index is 12.5. The number of amides is 2. The van der Waals surface area contributed by atoms with E-state index in [0.29, 0.717) is 16.8 Å². The van der Waals surface area contributed by atoms with Gasteiger partial charge in [0.1, 0.15) is 11.3 Å². The number of rotatable bonds is 3. The SMILES string of the molecule is Cc1nc2c(C(=O)Nc3ccccc3C(N)=O)cccc2[nH]1. The first-order valence-corrected chi connectivity index (χ1v) is 6.72. The van der Waals surface area contributed by atoms with Crippen LogP contribution in [0.5, 0.6) is 0 Å². The second-order valence-electron chi connectivity index (χ2n) is 4.89. The lowest BCUT2D eigenvalue weighted by molar-refractivity contribution is 0.100. The largest absolute Gasteiger partial charge is 0.366 e. The molecule has 0 radical (unpaired) electrons. The van der Waals surface area contributed by atoms with Gasteiger partial charge >= 0.3 is 0 Å². The Morgan fingerprint density at radius 3 is 2.59 bits per heavy atom. The van der Waals surface area contributed by atoms with Gasteiger partial charge in [0.15, 0.2) is 0 Å². The van der Waals surface area contributed by atoms with Crippen LogP contribution in [0.2, 0.25) is 0 Å². The number of aromatic nitrogens is 2. The lowest BCUT2D eigenvalue weighted by Crippen LogP contribution is -2.18. The zero-order chi connectivity index (χ0) is 15.7. The van der Waals surface area contributed by atoms with Crippen molar-refractivity contribution in [2.24, 2.45) is 5.73 Å². The van der Waals surface area contributed by atoms with Crippen molar-refractivity contribution in [3.63, 3.8) is 0 Å². The number of hydrogen-bond donors (Lipinski definition) is 3. The summed E-state index contributed by atoms with van der Waals surface area (Å²) < 4.78 is 0. The molecule has 0 bridgehead atoms. The summed E-state index contributed by atoms with van der Waals surface area (Å²) in [4.78, 5) is 31.3. The average molecular weight is 294 g/mol. The molecule has 3 aromatic rings. The van der Waals surface area contributed by atoms with Gasteiger partial charge in [0.05, 0.1) is 22.3 Å². The third-order valence-electron chi connectivity index (χ3n) is 3.32. The quantitative estimate of drug-likeness (QED) is 0.690. The summed E-state index contributed by atoms with van der Waals surface area (Å²) >= 11 is 0. The topological polar surface area (TPSA) is 101 Å². The summed E-state index contributed by atoms with van der Waals surface area (Å²) in [6.07, 6.45) is 0. The number of aromatic amines is 1. The van der Waals surface area contributed by atoms with E-state index in [-0.39, 0.29) is 11.5 Å². The summed E-state index contributed by atoms with van der Waals surface area (Å²) in [7, 11) is 0. The van der Waals surface area contributed by atoms with Gasteiger partial charge in [-0.1, -0.05) is 18.2 Å². The summed E-state index contributed by atoms with van der Waals surface area (Å²) in [5.74, 6) is -0.205. The lowest BCUT2D eigenvalue weighted by atomic mass is 10.1. The summed E-state index contributed by atoms with van der Waals surface area (Å²) in [5.41, 5.74) is 7.77. The Morgan fingerprint density at radius 1 is 1.09 bits per heavy atom. The third-order valence-corrected chi connectivity index (χ3v) is 3.32. The van der Waals surface area contributed by atoms with Gasteiger partial charge in [-0.15, -0.1) is 0 Å². The van der Waals surface area contributed by atoms with Gasteiger partial charge in [0.25, 0.3) is 11.8 Å². The highest BCUT2D eigenvalue weighted by Crippen LogP contribution is 2.20. The molecule has 0 saturated heterocycles. The highest BCUT2D eigenvalue weighted by Gasteiger charge is 2.15. The number of carbonyl (C=O) groups is 2. The maximum atomic E-state index is 12.5. The van der Waals surface area contributed by atoms with Gasteiger partial charge in [-0.25, -0.2) is 4.98 Å². The molecule has 0 aliphatic rings. The molecule has 1 aromatic heterocycles. The number of fused-ring (bicyclic) bond motifs is 1. The van der Waals surface area contributed by atoms with Crippen molar-refractivity contribution in [2.75, 3.05) is 5.32 Å². The number of nitrogens with zero attached hydrogens (tertiary/aromatic N) is 1. The Kier molecular flexibility index (Phi) is 3.34. The number of aryl methyl sites for hydroxylation is 1. The fourth-order valence-corrected chi connectivity index (χ4v) is 2.34. The highest BCUT2D eigenvalue weighted by atomic mass is 16.2. The molecule has 2 amide bonds. The number of imidazole rings is 1. The fraction of sp³-hybridized carbons (Fsp3) is 0.0625. The van der Waals surface area contributed by atoms with Gasteiger partial charge in [-0.2, -0.15) is 0 Å². The van der Waals surface area contributed by atoms with E-state index in [0.717, 1.165) is 11.3 Å². The predicted molar refractivity (Wildman–Crippen MR) is 83.7 cm³/mol. The Hall–Kier alpha value is -3.15. The molecule has 1 heterocycles. The molecule has 22 heavy (non-hydrogen) atoms. The number of nitrogens with one attached hydrogen (secondary N) is 2. The number of carbonyl (C=O) groups excluding carboxylic acids is 2. The molecule has 0 unspecified atom stereocenters. The van der Waals surface area contributed by atoms with Crippen molar-refractivity contribution in [3.05, 3.63) is 59.4 Å². The van der Waals surface area contributed by atoms with Crippen LogP contribution >= 0.6 is 0 Å². The molecule has 0 fully saturated rings. The van der Waals surface area contributed by atoms with E-state index in [9.17, 15) is 9.59 Å². The number of hydrogen-bond acceptors (Lipinski definition) is 3. The molecule has 0 aliphatic carbocycles. The zero-order valence-corrected chi connectivity index (χ0v) is 11.9. The molecule has 4 N–H and O–H groups in total. The average Bonchev–Trinajstić information content (AvgIpc) is 2.87. The number of para-hydroxylation sites is 2. The number of H-pyrrole nitrogens is 1. The van der Waals surface area contributed by atoms with Crippen LogP contribution in [-0.4, -0.2) is 21.8 Å². The van der Waals surface area contributed by atoms with Crippen molar-refractivity contribution < 1.29 is 9.59 Å². The van der Waals surface area contributed by atoms with E-state index in [4.69, 9.17) is 5.73 Å². The minimum atomic E-state index is -0.593. The molecule has 110 valence electrons. The van der Waals surface area contributed by atoms with Crippen LogP contribution in [-0.2, 0) is 0 Å². The van der Waals surface area contributed by atoms with Crippen molar-refractivity contribution in [2.45, 2.75) is 6.92 Å². The van der Waals surface area contributed by atoms with Crippen molar-refractivity contribution >= 4 is 28.5 Å². The maximum Gasteiger partial charge on any atom is 0.257 e. The van der Waals surface area contributed by atoms with Crippen LogP contribution in [0.15, 0.2) is 42.5 Å². The van der Waals surface area contributed by atoms with Crippen LogP contribution in [0.1, 0.15) is 26.5 Å². The van der Waals surface area contributed by atoms with Gasteiger partial charge < -0.3 is 16.0 Å². The van der Waals surface area contributed by atoms with E-state index >= 15 is 0 Å². The van der Waals surface area contributed by atoms with Gasteiger partial charge in [-0.3, -0.25) is 9.59 Å². The number of nitrogens with two attached hydrogens (primary N) is 1. The number of anilines is 1. The zero-order valence-electron chi connectivity index (χ0n) is 11.9. The van der Waals surface area contributed by atoms with Gasteiger partial charge in [0.2, 0.25) is 0 Å². The number of benzene rings is 2. The molecule has 0 aliphatic heterocycles. The van der Waals surface area contributed by atoms with E-state index in [1.807, 2.05) is 13.0 Å². The van der Waals surface area contributed by atoms with E-state index < -0.39 is 5.91 Å². The Bertz CT molecular complexity index is 883. The van der Waals surface area contributed by atoms with E-state index in [1.54, 1.807) is 36.4 Å². The lowest BCUT2D eigenvalue weighted by Gasteiger charge is -2.09. The van der Waals surface area contributed by atoms with Crippen molar-refractivity contribution in [1.82, 2.24) is 9.97 Å². The standard InChI is InChI=1S/C16H14N4O2/c1-9-18-13-8-4-6-11(14(13)19-9)16(22)20-12-7-3-2-5-10(12)15(17)21/h2-8H,1H3,(H2,17,21)(H,18,19)(H,20,22). The molecule has 0 saturated carbocycles. The first kappa shape index (κ1) is 13.8. The predicted octanol–water partition coefficient (Wildman–Crippen LogP) is 2.22. The van der Waals surface area contributed by atoms with Crippen LogP contribution in [0, 0.1) is 6.92 Å². The fourth-order valence-electron chi connectivity index (χ4n) is 2.34. The molecular weight excluding hydrogens is 280 g/mol. The minimum absolute atomic E-state index is 0.265. The van der Waals surface area contributed by atoms with Crippen LogP contribution in [0.3, 0.4) is 0 Å². The highest BCUT2D eigenvalue weighted by molar-refractivity contribution is 6.13. The molecule has 2 aromatic carbocycles. The van der Waals surface area contributed by atoms with E-state index in [1.165, 1.54) is 0 Å². The molecule has 6 nitrogen and oxygen atoms in total. The first-order chi connectivity index (χ1) is 10.6. The molecule has 0 atom stereocenters. The molecule has 3 rings (SSSR count). The number of primary amides is 1. The molecular formula is C16H14N4O2. The summed E-state index contributed by atoms with van der Waals surface area (Å²) in [6.45, 7) is 1.82. The van der Waals surface area contributed by atoms with Crippen molar-refractivity contribution in [1.29, 1.82) is 0 Å². The van der Waals surface area contributed by atoms with Gasteiger partial charge in [0, 0.05) is 0 Å². The normalized spacial score (nSPS) is 10.6. The van der Waals surface area contributed by atoms with Gasteiger partial charge in [-0.05, 0) is 31.2 Å². The van der Waals surface area contributed by atoms with Crippen LogP contribution in [0.25, 0.3) is 11.0 Å².